The van der Waals surface area contributed by atoms with E-state index in [0.717, 1.165) is 51.7 Å². The predicted molar refractivity (Wildman–Crippen MR) is 132 cm³/mol. The van der Waals surface area contributed by atoms with Crippen LogP contribution in [0.15, 0.2) is 60.8 Å². The molecule has 1 N–H and O–H groups in total. The number of aliphatic carboxylic acids is 1. The monoisotopic (exact) mass is 442 g/mol. The molecule has 0 saturated carbocycles. The molecule has 0 unspecified atom stereocenters. The van der Waals surface area contributed by atoms with Crippen molar-refractivity contribution in [1.29, 1.82) is 0 Å². The second-order valence-electron chi connectivity index (χ2n) is 8.45. The second kappa shape index (κ2) is 9.90. The maximum Gasteiger partial charge on any atom is 0.303 e. The van der Waals surface area contributed by atoms with E-state index >= 15 is 0 Å². The molecule has 33 heavy (non-hydrogen) atoms. The molecule has 0 aliphatic rings. The highest BCUT2D eigenvalue weighted by atomic mass is 16.5. The molecule has 0 bridgehead atoms. The number of nitrogens with zero attached hydrogens (tertiary/aromatic N) is 2. The van der Waals surface area contributed by atoms with E-state index in [-0.39, 0.29) is 6.42 Å². The molecule has 0 atom stereocenters. The number of carboxylic acids is 1. The quantitative estimate of drug-likeness (QED) is 0.358. The largest absolute Gasteiger partial charge is 0.494 e. The Morgan fingerprint density at radius 2 is 1.79 bits per heavy atom. The maximum absolute atomic E-state index is 11.2. The average molecular weight is 443 g/mol. The molecule has 5 heteroatoms. The van der Waals surface area contributed by atoms with Gasteiger partial charge in [0.1, 0.15) is 5.75 Å². The van der Waals surface area contributed by atoms with Crippen molar-refractivity contribution in [2.75, 3.05) is 6.61 Å². The zero-order chi connectivity index (χ0) is 23.4. The number of benzene rings is 3. The first-order valence-electron chi connectivity index (χ1n) is 11.4. The lowest BCUT2D eigenvalue weighted by Crippen LogP contribution is -2.02. The molecule has 1 heterocycles. The Hall–Kier alpha value is -3.60. The van der Waals surface area contributed by atoms with Crippen molar-refractivity contribution < 1.29 is 14.6 Å². The lowest BCUT2D eigenvalue weighted by atomic mass is 9.89. The van der Waals surface area contributed by atoms with Crippen molar-refractivity contribution in [1.82, 2.24) is 9.78 Å². The van der Waals surface area contributed by atoms with Gasteiger partial charge in [-0.15, -0.1) is 0 Å². The van der Waals surface area contributed by atoms with E-state index in [2.05, 4.69) is 54.5 Å². The molecule has 0 radical (unpaired) electrons. The van der Waals surface area contributed by atoms with Gasteiger partial charge in [-0.1, -0.05) is 30.3 Å². The van der Waals surface area contributed by atoms with Gasteiger partial charge in [-0.3, -0.25) is 9.48 Å². The van der Waals surface area contributed by atoms with Gasteiger partial charge in [-0.25, -0.2) is 0 Å². The summed E-state index contributed by atoms with van der Waals surface area (Å²) < 4.78 is 7.43. The van der Waals surface area contributed by atoms with Crippen LogP contribution in [-0.2, 0) is 31.1 Å². The van der Waals surface area contributed by atoms with Crippen molar-refractivity contribution >= 4 is 16.9 Å². The number of ether oxygens (including phenoxy) is 1. The molecule has 0 aliphatic carbocycles. The Morgan fingerprint density at radius 3 is 2.52 bits per heavy atom. The third-order valence-corrected chi connectivity index (χ3v) is 6.14. The third-order valence-electron chi connectivity index (χ3n) is 6.14. The molecule has 5 nitrogen and oxygen atoms in total. The van der Waals surface area contributed by atoms with Crippen molar-refractivity contribution in [2.45, 2.75) is 39.5 Å². The number of hydrogen-bond donors (Lipinski definition) is 1. The topological polar surface area (TPSA) is 64.3 Å². The Balaban J connectivity index is 1.67. The molecule has 1 aromatic heterocycles. The van der Waals surface area contributed by atoms with Crippen LogP contribution in [0, 0.1) is 6.92 Å². The van der Waals surface area contributed by atoms with Crippen LogP contribution in [0.25, 0.3) is 22.0 Å². The van der Waals surface area contributed by atoms with Crippen LogP contribution >= 0.6 is 0 Å². The van der Waals surface area contributed by atoms with Crippen LogP contribution in [-0.4, -0.2) is 27.5 Å². The first kappa shape index (κ1) is 22.6. The summed E-state index contributed by atoms with van der Waals surface area (Å²) in [7, 11) is 1.94. The second-order valence-corrected chi connectivity index (χ2v) is 8.45. The number of aryl methyl sites for hydroxylation is 5. The van der Waals surface area contributed by atoms with Crippen molar-refractivity contribution in [3.05, 3.63) is 83.0 Å². The fraction of sp³-hybridized carbons (Fsp3) is 0.286. The van der Waals surface area contributed by atoms with Crippen LogP contribution in [0.5, 0.6) is 5.75 Å². The molecule has 4 rings (SSSR count). The van der Waals surface area contributed by atoms with E-state index in [0.29, 0.717) is 13.0 Å². The highest BCUT2D eigenvalue weighted by Gasteiger charge is 2.13. The third kappa shape index (κ3) is 5.25. The smallest absolute Gasteiger partial charge is 0.303 e. The standard InChI is InChI=1S/C28H30N2O3/c1-4-33-25-11-6-20(7-12-25)5-8-22-15-19(2)21(10-14-28(31)32)17-26(22)23-9-13-27-24(16-23)18-29-30(27)3/h6-7,9,11-13,15-18H,4-5,8,10,14H2,1-3H3,(H,31,32). The zero-order valence-electron chi connectivity index (χ0n) is 19.5. The molecule has 0 saturated heterocycles. The Labute approximate surface area is 194 Å². The van der Waals surface area contributed by atoms with Gasteiger partial charge in [0.05, 0.1) is 18.3 Å². The summed E-state index contributed by atoms with van der Waals surface area (Å²) in [6.45, 7) is 4.73. The van der Waals surface area contributed by atoms with Gasteiger partial charge in [0.25, 0.3) is 0 Å². The van der Waals surface area contributed by atoms with Gasteiger partial charge in [-0.05, 0) is 90.8 Å². The average Bonchev–Trinajstić information content (AvgIpc) is 3.18. The summed E-state index contributed by atoms with van der Waals surface area (Å²) in [4.78, 5) is 11.2. The van der Waals surface area contributed by atoms with Gasteiger partial charge in [0.2, 0.25) is 0 Å². The number of carboxylic acid groups (broad SMARTS) is 1. The first-order chi connectivity index (χ1) is 15.9. The summed E-state index contributed by atoms with van der Waals surface area (Å²) in [5.41, 5.74) is 8.15. The summed E-state index contributed by atoms with van der Waals surface area (Å²) in [5.74, 6) is 0.123. The van der Waals surface area contributed by atoms with Crippen molar-refractivity contribution in [3.63, 3.8) is 0 Å². The molecule has 0 aliphatic heterocycles. The van der Waals surface area contributed by atoms with Crippen LogP contribution in [0.1, 0.15) is 35.6 Å². The summed E-state index contributed by atoms with van der Waals surface area (Å²) in [6.07, 6.45) is 4.37. The molecular weight excluding hydrogens is 412 g/mol. The summed E-state index contributed by atoms with van der Waals surface area (Å²) in [6, 6.07) is 19.1. The van der Waals surface area contributed by atoms with Crippen molar-refractivity contribution in [2.24, 2.45) is 7.05 Å². The van der Waals surface area contributed by atoms with Crippen LogP contribution in [0.2, 0.25) is 0 Å². The molecule has 0 spiro atoms. The van der Waals surface area contributed by atoms with Gasteiger partial charge in [0.15, 0.2) is 0 Å². The number of rotatable bonds is 9. The van der Waals surface area contributed by atoms with Gasteiger partial charge < -0.3 is 9.84 Å². The number of carbonyl (C=O) groups is 1. The van der Waals surface area contributed by atoms with E-state index in [1.807, 2.05) is 37.0 Å². The minimum Gasteiger partial charge on any atom is -0.494 e. The molecule has 3 aromatic carbocycles. The lowest BCUT2D eigenvalue weighted by Gasteiger charge is -2.16. The maximum atomic E-state index is 11.2. The molecule has 0 fully saturated rings. The normalized spacial score (nSPS) is 11.1. The predicted octanol–water partition coefficient (Wildman–Crippen LogP) is 5.75. The lowest BCUT2D eigenvalue weighted by molar-refractivity contribution is -0.136. The van der Waals surface area contributed by atoms with Gasteiger partial charge in [0, 0.05) is 18.9 Å². The zero-order valence-corrected chi connectivity index (χ0v) is 19.5. The number of hydrogen-bond acceptors (Lipinski definition) is 3. The van der Waals surface area contributed by atoms with E-state index in [1.165, 1.54) is 11.1 Å². The molecular formula is C28H30N2O3. The van der Waals surface area contributed by atoms with Gasteiger partial charge >= 0.3 is 5.97 Å². The highest BCUT2D eigenvalue weighted by Crippen LogP contribution is 2.31. The van der Waals surface area contributed by atoms with E-state index in [9.17, 15) is 9.90 Å². The minimum atomic E-state index is -0.771. The van der Waals surface area contributed by atoms with E-state index < -0.39 is 5.97 Å². The number of fused-ring (bicyclic) bond motifs is 1. The Bertz CT molecular complexity index is 1270. The van der Waals surface area contributed by atoms with E-state index in [1.54, 1.807) is 0 Å². The molecule has 170 valence electrons. The fourth-order valence-corrected chi connectivity index (χ4v) is 4.33. The Morgan fingerprint density at radius 1 is 1.00 bits per heavy atom. The van der Waals surface area contributed by atoms with Crippen LogP contribution < -0.4 is 4.74 Å². The van der Waals surface area contributed by atoms with Crippen LogP contribution in [0.3, 0.4) is 0 Å². The Kier molecular flexibility index (Phi) is 6.78. The summed E-state index contributed by atoms with van der Waals surface area (Å²) in [5, 5.41) is 14.6. The van der Waals surface area contributed by atoms with E-state index in [4.69, 9.17) is 4.74 Å². The molecule has 4 aromatic rings. The van der Waals surface area contributed by atoms with Gasteiger partial charge in [-0.2, -0.15) is 5.10 Å². The van der Waals surface area contributed by atoms with Crippen molar-refractivity contribution in [3.8, 4) is 16.9 Å². The number of aromatic nitrogens is 2. The fourth-order valence-electron chi connectivity index (χ4n) is 4.33. The minimum absolute atomic E-state index is 0.132. The SMILES string of the molecule is CCOc1ccc(CCc2cc(C)c(CCC(=O)O)cc2-c2ccc3c(cnn3C)c2)cc1. The highest BCUT2D eigenvalue weighted by molar-refractivity contribution is 5.85. The van der Waals surface area contributed by atoms with Crippen LogP contribution in [0.4, 0.5) is 0 Å². The first-order valence-corrected chi connectivity index (χ1v) is 11.4. The molecule has 0 amide bonds. The summed E-state index contributed by atoms with van der Waals surface area (Å²) >= 11 is 0.